The molecule has 20 heavy (non-hydrogen) atoms. The first-order valence-electron chi connectivity index (χ1n) is 5.80. The van der Waals surface area contributed by atoms with Crippen molar-refractivity contribution in [3.8, 4) is 5.75 Å². The lowest BCUT2D eigenvalue weighted by Gasteiger charge is -2.03. The second kappa shape index (κ2) is 5.88. The van der Waals surface area contributed by atoms with Crippen molar-refractivity contribution in [3.63, 3.8) is 0 Å². The third kappa shape index (κ3) is 2.88. The van der Waals surface area contributed by atoms with Crippen molar-refractivity contribution >= 4 is 27.8 Å². The Morgan fingerprint density at radius 2 is 1.95 bits per heavy atom. The molecule has 102 valence electrons. The highest BCUT2D eigenvalue weighted by Gasteiger charge is 2.20. The summed E-state index contributed by atoms with van der Waals surface area (Å²) in [5.41, 5.74) is -0.420. The SMILES string of the molecule is Cc1oc(=O)c(C(=O)C=Cc2ccccc2)c(O)c1Br. The van der Waals surface area contributed by atoms with E-state index >= 15 is 0 Å². The van der Waals surface area contributed by atoms with E-state index in [9.17, 15) is 14.7 Å². The summed E-state index contributed by atoms with van der Waals surface area (Å²) in [6.07, 6.45) is 2.79. The van der Waals surface area contributed by atoms with Crippen LogP contribution >= 0.6 is 15.9 Å². The summed E-state index contributed by atoms with van der Waals surface area (Å²) in [7, 11) is 0. The number of ketones is 1. The van der Waals surface area contributed by atoms with Crippen molar-refractivity contribution in [3.05, 3.63) is 68.2 Å². The molecule has 0 radical (unpaired) electrons. The molecule has 0 aliphatic rings. The number of allylic oxidation sites excluding steroid dienone is 1. The van der Waals surface area contributed by atoms with Crippen LogP contribution in [0, 0.1) is 6.92 Å². The Morgan fingerprint density at radius 3 is 2.60 bits per heavy atom. The van der Waals surface area contributed by atoms with Gasteiger partial charge in [-0.1, -0.05) is 36.4 Å². The minimum atomic E-state index is -0.856. The predicted molar refractivity (Wildman–Crippen MR) is 78.9 cm³/mol. The Kier molecular flexibility index (Phi) is 4.20. The third-order valence-corrected chi connectivity index (χ3v) is 3.61. The minimum absolute atomic E-state index is 0.202. The van der Waals surface area contributed by atoms with E-state index in [4.69, 9.17) is 4.42 Å². The molecular formula is C15H11BrO4. The normalized spacial score (nSPS) is 10.9. The Morgan fingerprint density at radius 1 is 1.30 bits per heavy atom. The zero-order valence-corrected chi connectivity index (χ0v) is 12.2. The molecule has 0 unspecified atom stereocenters. The molecule has 1 N–H and O–H groups in total. The van der Waals surface area contributed by atoms with E-state index in [1.807, 2.05) is 30.3 Å². The Labute approximate surface area is 123 Å². The third-order valence-electron chi connectivity index (χ3n) is 2.68. The zero-order valence-electron chi connectivity index (χ0n) is 10.6. The largest absolute Gasteiger partial charge is 0.506 e. The summed E-state index contributed by atoms with van der Waals surface area (Å²) in [5.74, 6) is -0.793. The van der Waals surface area contributed by atoms with Crippen LogP contribution < -0.4 is 5.63 Å². The summed E-state index contributed by atoms with van der Waals surface area (Å²) >= 11 is 3.07. The van der Waals surface area contributed by atoms with E-state index in [1.54, 1.807) is 6.08 Å². The fraction of sp³-hybridized carbons (Fsp3) is 0.0667. The van der Waals surface area contributed by atoms with Crippen LogP contribution in [0.3, 0.4) is 0 Å². The van der Waals surface area contributed by atoms with Crippen LogP contribution in [0.2, 0.25) is 0 Å². The van der Waals surface area contributed by atoms with Gasteiger partial charge in [0.15, 0.2) is 17.1 Å². The molecule has 2 rings (SSSR count). The molecular weight excluding hydrogens is 324 g/mol. The van der Waals surface area contributed by atoms with Crippen LogP contribution in [0.15, 0.2) is 50.1 Å². The number of carbonyl (C=O) groups is 1. The first kappa shape index (κ1) is 14.3. The van der Waals surface area contributed by atoms with Crippen molar-refractivity contribution in [2.75, 3.05) is 0 Å². The Bertz CT molecular complexity index is 730. The topological polar surface area (TPSA) is 67.5 Å². The second-order valence-corrected chi connectivity index (χ2v) is 4.88. The maximum Gasteiger partial charge on any atom is 0.351 e. The van der Waals surface area contributed by atoms with Gasteiger partial charge in [0.2, 0.25) is 0 Å². The van der Waals surface area contributed by atoms with Crippen molar-refractivity contribution in [1.82, 2.24) is 0 Å². The molecule has 2 aromatic rings. The quantitative estimate of drug-likeness (QED) is 0.690. The van der Waals surface area contributed by atoms with E-state index in [-0.39, 0.29) is 15.8 Å². The van der Waals surface area contributed by atoms with Crippen molar-refractivity contribution < 1.29 is 14.3 Å². The molecule has 0 aliphatic carbocycles. The number of aryl methyl sites for hydroxylation is 1. The number of hydrogen-bond donors (Lipinski definition) is 1. The van der Waals surface area contributed by atoms with Crippen LogP contribution in [0.4, 0.5) is 0 Å². The summed E-state index contributed by atoms with van der Waals surface area (Å²) < 4.78 is 5.08. The molecule has 0 saturated carbocycles. The first-order chi connectivity index (χ1) is 9.50. The van der Waals surface area contributed by atoms with Gasteiger partial charge in [-0.3, -0.25) is 4.79 Å². The van der Waals surface area contributed by atoms with E-state index in [0.717, 1.165) is 5.56 Å². The van der Waals surface area contributed by atoms with Crippen LogP contribution in [-0.4, -0.2) is 10.9 Å². The first-order valence-corrected chi connectivity index (χ1v) is 6.59. The highest BCUT2D eigenvalue weighted by atomic mass is 79.9. The summed E-state index contributed by atoms with van der Waals surface area (Å²) in [6.45, 7) is 1.51. The molecule has 0 spiro atoms. The fourth-order valence-electron chi connectivity index (χ4n) is 1.64. The maximum absolute atomic E-state index is 12.0. The fourth-order valence-corrected chi connectivity index (χ4v) is 1.92. The minimum Gasteiger partial charge on any atom is -0.506 e. The lowest BCUT2D eigenvalue weighted by atomic mass is 10.1. The number of benzene rings is 1. The number of halogens is 1. The van der Waals surface area contributed by atoms with Crippen LogP contribution in [0.1, 0.15) is 21.7 Å². The average Bonchev–Trinajstić information content (AvgIpc) is 2.44. The molecule has 5 heteroatoms. The van der Waals surface area contributed by atoms with Crippen molar-refractivity contribution in [1.29, 1.82) is 0 Å². The summed E-state index contributed by atoms with van der Waals surface area (Å²) in [6, 6.07) is 9.15. The van der Waals surface area contributed by atoms with Gasteiger partial charge >= 0.3 is 5.63 Å². The molecule has 0 amide bonds. The molecule has 1 heterocycles. The molecule has 0 aliphatic heterocycles. The monoisotopic (exact) mass is 334 g/mol. The van der Waals surface area contributed by atoms with Gasteiger partial charge in [-0.2, -0.15) is 0 Å². The van der Waals surface area contributed by atoms with Crippen LogP contribution in [-0.2, 0) is 0 Å². The van der Waals surface area contributed by atoms with Gasteiger partial charge in [0.05, 0.1) is 4.47 Å². The predicted octanol–water partition coefficient (Wildman–Crippen LogP) is 3.31. The van der Waals surface area contributed by atoms with E-state index in [2.05, 4.69) is 15.9 Å². The highest BCUT2D eigenvalue weighted by molar-refractivity contribution is 9.10. The lowest BCUT2D eigenvalue weighted by molar-refractivity contribution is 0.104. The van der Waals surface area contributed by atoms with Crippen molar-refractivity contribution in [2.24, 2.45) is 0 Å². The summed E-state index contributed by atoms with van der Waals surface area (Å²) in [4.78, 5) is 23.7. The molecule has 1 aromatic heterocycles. The Balaban J connectivity index is 2.38. The van der Waals surface area contributed by atoms with Gasteiger partial charge < -0.3 is 9.52 Å². The molecule has 0 fully saturated rings. The maximum atomic E-state index is 12.0. The molecule has 0 atom stereocenters. The molecule has 4 nitrogen and oxygen atoms in total. The molecule has 0 saturated heterocycles. The lowest BCUT2D eigenvalue weighted by Crippen LogP contribution is -2.13. The van der Waals surface area contributed by atoms with Crippen LogP contribution in [0.5, 0.6) is 5.75 Å². The number of rotatable bonds is 3. The standard InChI is InChI=1S/C15H11BrO4/c1-9-13(16)14(18)12(15(19)20-9)11(17)8-7-10-5-3-2-4-6-10/h2-8,18H,1H3. The van der Waals surface area contributed by atoms with E-state index in [0.29, 0.717) is 0 Å². The highest BCUT2D eigenvalue weighted by Crippen LogP contribution is 2.29. The van der Waals surface area contributed by atoms with Gasteiger partial charge in [-0.15, -0.1) is 0 Å². The van der Waals surface area contributed by atoms with Gasteiger partial charge in [-0.05, 0) is 34.5 Å². The number of aromatic hydroxyl groups is 1. The van der Waals surface area contributed by atoms with Gasteiger partial charge in [0.25, 0.3) is 0 Å². The average molecular weight is 335 g/mol. The Hall–Kier alpha value is -2.14. The van der Waals surface area contributed by atoms with E-state index < -0.39 is 17.2 Å². The second-order valence-electron chi connectivity index (χ2n) is 4.09. The molecule has 1 aromatic carbocycles. The number of hydrogen-bond acceptors (Lipinski definition) is 4. The smallest absolute Gasteiger partial charge is 0.351 e. The van der Waals surface area contributed by atoms with Crippen LogP contribution in [0.25, 0.3) is 6.08 Å². The van der Waals surface area contributed by atoms with Gasteiger partial charge in [0, 0.05) is 0 Å². The molecule has 0 bridgehead atoms. The van der Waals surface area contributed by atoms with Crippen molar-refractivity contribution in [2.45, 2.75) is 6.92 Å². The van der Waals surface area contributed by atoms with Gasteiger partial charge in [-0.25, -0.2) is 4.79 Å². The zero-order chi connectivity index (χ0) is 14.7. The number of carbonyl (C=O) groups excluding carboxylic acids is 1. The van der Waals surface area contributed by atoms with Gasteiger partial charge in [0.1, 0.15) is 5.76 Å². The van der Waals surface area contributed by atoms with E-state index in [1.165, 1.54) is 13.0 Å². The summed E-state index contributed by atoms with van der Waals surface area (Å²) in [5, 5.41) is 9.87.